The van der Waals surface area contributed by atoms with Crippen LogP contribution in [0.2, 0.25) is 10.0 Å². The molecule has 0 saturated heterocycles. The molecule has 2 aliphatic heterocycles. The Morgan fingerprint density at radius 1 is 0.800 bits per heavy atom. The lowest BCUT2D eigenvalue weighted by Crippen LogP contribution is -2.32. The van der Waals surface area contributed by atoms with Crippen LogP contribution >= 0.6 is 23.2 Å². The molecule has 0 atom stereocenters. The Balaban J connectivity index is 1.38. The van der Waals surface area contributed by atoms with E-state index in [0.29, 0.717) is 39.8 Å². The van der Waals surface area contributed by atoms with Gasteiger partial charge in [-0.05, 0) is 30.3 Å². The second-order valence-corrected chi connectivity index (χ2v) is 9.15. The molecule has 0 radical (unpaired) electrons. The van der Waals surface area contributed by atoms with Gasteiger partial charge < -0.3 is 0 Å². The minimum Gasteiger partial charge on any atom is -0.298 e. The SMILES string of the molecule is O=C1c2ccccc2C(=O)N1CCc1cnc2n1-c1cccc(Cl)c1C(c1ccccc1Cl)=NC2. The number of aliphatic imine (C=N–C) groups is 1. The van der Waals surface area contributed by atoms with Gasteiger partial charge in [0, 0.05) is 41.0 Å². The highest BCUT2D eigenvalue weighted by molar-refractivity contribution is 6.39. The molecule has 2 aliphatic rings. The molecular weight excluding hydrogens is 483 g/mol. The topological polar surface area (TPSA) is 67.6 Å². The zero-order valence-corrected chi connectivity index (χ0v) is 19.9. The summed E-state index contributed by atoms with van der Waals surface area (Å²) < 4.78 is 2.02. The van der Waals surface area contributed by atoms with Gasteiger partial charge >= 0.3 is 0 Å². The number of hydrogen-bond acceptors (Lipinski definition) is 4. The van der Waals surface area contributed by atoms with Crippen molar-refractivity contribution in [2.45, 2.75) is 13.0 Å². The third-order valence-electron chi connectivity index (χ3n) is 6.35. The smallest absolute Gasteiger partial charge is 0.261 e. The van der Waals surface area contributed by atoms with Crippen molar-refractivity contribution in [3.8, 4) is 5.69 Å². The molecule has 3 heterocycles. The molecule has 35 heavy (non-hydrogen) atoms. The molecule has 6 rings (SSSR count). The van der Waals surface area contributed by atoms with E-state index in [1.165, 1.54) is 4.90 Å². The Hall–Kier alpha value is -3.74. The van der Waals surface area contributed by atoms with Crippen molar-refractivity contribution in [1.29, 1.82) is 0 Å². The van der Waals surface area contributed by atoms with Crippen LogP contribution in [0.15, 0.2) is 77.9 Å². The molecule has 0 fully saturated rings. The van der Waals surface area contributed by atoms with E-state index in [0.717, 1.165) is 28.3 Å². The average Bonchev–Trinajstić information content (AvgIpc) is 3.31. The predicted octanol–water partition coefficient (Wildman–Crippen LogP) is 5.37. The summed E-state index contributed by atoms with van der Waals surface area (Å²) in [5, 5.41) is 1.14. The normalized spacial score (nSPS) is 14.3. The standard InChI is InChI=1S/C27H18Cl2N4O2/c28-20-9-4-3-8-19(20)25-24-21(29)10-5-11-22(24)33-16(14-30-23(33)15-31-25)12-13-32-26(34)17-6-1-2-7-18(17)27(32)35/h1-11,14H,12-13,15H2. The number of hydrogen-bond donors (Lipinski definition) is 0. The van der Waals surface area contributed by atoms with E-state index in [9.17, 15) is 9.59 Å². The molecule has 6 nitrogen and oxygen atoms in total. The van der Waals surface area contributed by atoms with Gasteiger partial charge in [-0.1, -0.05) is 59.6 Å². The number of benzene rings is 3. The maximum Gasteiger partial charge on any atom is 0.261 e. The number of imide groups is 1. The molecule has 172 valence electrons. The fraction of sp³-hybridized carbons (Fsp3) is 0.111. The lowest BCUT2D eigenvalue weighted by Gasteiger charge is -2.18. The highest BCUT2D eigenvalue weighted by Gasteiger charge is 2.35. The predicted molar refractivity (Wildman–Crippen MR) is 135 cm³/mol. The van der Waals surface area contributed by atoms with Crippen molar-refractivity contribution in [2.24, 2.45) is 4.99 Å². The van der Waals surface area contributed by atoms with E-state index in [1.54, 1.807) is 30.5 Å². The van der Waals surface area contributed by atoms with Gasteiger partial charge in [-0.2, -0.15) is 0 Å². The first-order chi connectivity index (χ1) is 17.0. The molecule has 8 heteroatoms. The molecule has 0 bridgehead atoms. The zero-order valence-electron chi connectivity index (χ0n) is 18.4. The van der Waals surface area contributed by atoms with Crippen LogP contribution in [0.1, 0.15) is 43.4 Å². The number of carbonyl (C=O) groups excluding carboxylic acids is 2. The Labute approximate surface area is 211 Å². The Morgan fingerprint density at radius 3 is 2.17 bits per heavy atom. The Morgan fingerprint density at radius 2 is 1.46 bits per heavy atom. The summed E-state index contributed by atoms with van der Waals surface area (Å²) >= 11 is 13.2. The molecule has 3 aromatic carbocycles. The molecule has 1 aromatic heterocycles. The van der Waals surface area contributed by atoms with E-state index < -0.39 is 0 Å². The summed E-state index contributed by atoms with van der Waals surface area (Å²) in [6.07, 6.45) is 2.21. The first-order valence-corrected chi connectivity index (χ1v) is 11.9. The van der Waals surface area contributed by atoms with Crippen molar-refractivity contribution in [3.63, 3.8) is 0 Å². The molecule has 0 aliphatic carbocycles. The van der Waals surface area contributed by atoms with Crippen LogP contribution in [0.4, 0.5) is 0 Å². The lowest BCUT2D eigenvalue weighted by molar-refractivity contribution is 0.0655. The first kappa shape index (κ1) is 21.8. The van der Waals surface area contributed by atoms with Gasteiger partial charge in [-0.25, -0.2) is 4.98 Å². The molecular formula is C27H18Cl2N4O2. The van der Waals surface area contributed by atoms with Crippen LogP contribution in [-0.4, -0.2) is 38.5 Å². The van der Waals surface area contributed by atoms with Crippen LogP contribution in [0.25, 0.3) is 5.69 Å². The Bertz CT molecular complexity index is 1520. The van der Waals surface area contributed by atoms with Gasteiger partial charge in [-0.15, -0.1) is 0 Å². The molecule has 4 aromatic rings. The zero-order chi connectivity index (χ0) is 24.1. The monoisotopic (exact) mass is 500 g/mol. The van der Waals surface area contributed by atoms with Crippen molar-refractivity contribution in [1.82, 2.24) is 14.5 Å². The number of halogens is 2. The number of rotatable bonds is 4. The molecule has 2 amide bonds. The van der Waals surface area contributed by atoms with E-state index >= 15 is 0 Å². The maximum atomic E-state index is 12.8. The van der Waals surface area contributed by atoms with Crippen LogP contribution < -0.4 is 0 Å². The van der Waals surface area contributed by atoms with Crippen LogP contribution in [0.5, 0.6) is 0 Å². The van der Waals surface area contributed by atoms with Crippen LogP contribution in [0.3, 0.4) is 0 Å². The third-order valence-corrected chi connectivity index (χ3v) is 7.00. The van der Waals surface area contributed by atoms with Crippen LogP contribution in [0, 0.1) is 0 Å². The van der Waals surface area contributed by atoms with Gasteiger partial charge in [-0.3, -0.25) is 24.0 Å². The number of imidazole rings is 1. The lowest BCUT2D eigenvalue weighted by atomic mass is 10.00. The van der Waals surface area contributed by atoms with Gasteiger partial charge in [0.05, 0.1) is 34.1 Å². The molecule has 0 saturated carbocycles. The van der Waals surface area contributed by atoms with Gasteiger partial charge in [0.2, 0.25) is 0 Å². The van der Waals surface area contributed by atoms with Gasteiger partial charge in [0.15, 0.2) is 0 Å². The quantitative estimate of drug-likeness (QED) is 0.353. The second kappa shape index (κ2) is 8.48. The van der Waals surface area contributed by atoms with E-state index in [2.05, 4.69) is 4.98 Å². The molecule has 0 spiro atoms. The first-order valence-electron chi connectivity index (χ1n) is 11.1. The minimum absolute atomic E-state index is 0.242. The number of fused-ring (bicyclic) bond motifs is 4. The van der Waals surface area contributed by atoms with Crippen LogP contribution in [-0.2, 0) is 13.0 Å². The largest absolute Gasteiger partial charge is 0.298 e. The minimum atomic E-state index is -0.269. The van der Waals surface area contributed by atoms with E-state index in [4.69, 9.17) is 28.2 Å². The summed E-state index contributed by atoms with van der Waals surface area (Å²) in [5.41, 5.74) is 4.84. The number of aromatic nitrogens is 2. The fourth-order valence-electron chi connectivity index (χ4n) is 4.72. The average molecular weight is 501 g/mol. The summed E-state index contributed by atoms with van der Waals surface area (Å²) in [6.45, 7) is 0.574. The van der Waals surface area contributed by atoms with Gasteiger partial charge in [0.25, 0.3) is 11.8 Å². The van der Waals surface area contributed by atoms with Crippen molar-refractivity contribution in [3.05, 3.63) is 117 Å². The third kappa shape index (κ3) is 3.49. The highest BCUT2D eigenvalue weighted by Crippen LogP contribution is 2.33. The van der Waals surface area contributed by atoms with E-state index in [-0.39, 0.29) is 18.4 Å². The fourth-order valence-corrected chi connectivity index (χ4v) is 5.20. The Kier molecular flexibility index (Phi) is 5.28. The van der Waals surface area contributed by atoms with Gasteiger partial charge in [0.1, 0.15) is 5.82 Å². The van der Waals surface area contributed by atoms with Crippen molar-refractivity contribution >= 4 is 40.7 Å². The highest BCUT2D eigenvalue weighted by atomic mass is 35.5. The summed E-state index contributed by atoms with van der Waals surface area (Å²) in [4.78, 5) is 36.4. The van der Waals surface area contributed by atoms with Crippen molar-refractivity contribution < 1.29 is 9.59 Å². The summed E-state index contributed by atoms with van der Waals surface area (Å²) in [7, 11) is 0. The van der Waals surface area contributed by atoms with E-state index in [1.807, 2.05) is 47.0 Å². The molecule has 0 N–H and O–H groups in total. The summed E-state index contributed by atoms with van der Waals surface area (Å²) in [6, 6.07) is 20.1. The maximum absolute atomic E-state index is 12.8. The summed E-state index contributed by atoms with van der Waals surface area (Å²) in [5.74, 6) is 0.205. The molecule has 0 unspecified atom stereocenters. The second-order valence-electron chi connectivity index (χ2n) is 8.34. The number of carbonyl (C=O) groups is 2. The van der Waals surface area contributed by atoms with Crippen molar-refractivity contribution in [2.75, 3.05) is 6.54 Å². The number of amides is 2. The number of nitrogens with zero attached hydrogens (tertiary/aromatic N) is 4.